The van der Waals surface area contributed by atoms with Crippen molar-refractivity contribution in [2.24, 2.45) is 22.4 Å². The summed E-state index contributed by atoms with van der Waals surface area (Å²) >= 11 is 3.15. The first-order valence-electron chi connectivity index (χ1n) is 7.84. The summed E-state index contributed by atoms with van der Waals surface area (Å²) in [5.41, 5.74) is 2.34. The minimum atomic E-state index is -0.675. The number of fused-ring (bicyclic) bond motifs is 1. The van der Waals surface area contributed by atoms with Gasteiger partial charge in [-0.1, -0.05) is 35.7 Å². The molecule has 0 bridgehead atoms. The van der Waals surface area contributed by atoms with Crippen LogP contribution in [0.3, 0.4) is 0 Å². The van der Waals surface area contributed by atoms with Crippen molar-refractivity contribution in [2.45, 2.75) is 32.6 Å². The minimum absolute atomic E-state index is 0.0115. The molecule has 2 fully saturated rings. The van der Waals surface area contributed by atoms with E-state index in [2.05, 4.69) is 33.4 Å². The zero-order valence-electron chi connectivity index (χ0n) is 13.2. The molecule has 0 heterocycles. The maximum atomic E-state index is 12.3. The SMILES string of the molecule is C[C@@]12CCCC[C@@H]1[C@@H]2C(=O)N/N=C/c1cc(Br)cc([N+](=O)[O-])c1O. The summed E-state index contributed by atoms with van der Waals surface area (Å²) in [4.78, 5) is 22.5. The maximum absolute atomic E-state index is 12.3. The van der Waals surface area contributed by atoms with E-state index in [9.17, 15) is 20.0 Å². The smallest absolute Gasteiger partial charge is 0.312 e. The number of nitro groups is 1. The first kappa shape index (κ1) is 16.9. The Labute approximate surface area is 147 Å². The topological polar surface area (TPSA) is 105 Å². The molecule has 2 saturated carbocycles. The predicted molar refractivity (Wildman–Crippen MR) is 91.8 cm³/mol. The molecular weight excluding hydrogens is 378 g/mol. The highest BCUT2D eigenvalue weighted by Crippen LogP contribution is 2.66. The molecule has 0 aromatic heterocycles. The Morgan fingerprint density at radius 1 is 1.54 bits per heavy atom. The first-order chi connectivity index (χ1) is 11.3. The fraction of sp³-hybridized carbons (Fsp3) is 0.500. The van der Waals surface area contributed by atoms with E-state index in [1.165, 1.54) is 24.8 Å². The molecule has 0 saturated heterocycles. The number of nitrogens with zero attached hydrogens (tertiary/aromatic N) is 2. The third kappa shape index (κ3) is 2.90. The van der Waals surface area contributed by atoms with Crippen LogP contribution in [0.4, 0.5) is 5.69 Å². The molecule has 1 aromatic carbocycles. The quantitative estimate of drug-likeness (QED) is 0.463. The summed E-state index contributed by atoms with van der Waals surface area (Å²) in [6.45, 7) is 2.15. The lowest BCUT2D eigenvalue weighted by Crippen LogP contribution is -2.22. The fourth-order valence-electron chi connectivity index (χ4n) is 3.93. The summed E-state index contributed by atoms with van der Waals surface area (Å²) in [7, 11) is 0. The Morgan fingerprint density at radius 3 is 2.92 bits per heavy atom. The maximum Gasteiger partial charge on any atom is 0.312 e. The van der Waals surface area contributed by atoms with Gasteiger partial charge in [0.05, 0.1) is 11.1 Å². The number of nitro benzene ring substituents is 1. The van der Waals surface area contributed by atoms with Crippen LogP contribution in [0.25, 0.3) is 0 Å². The Kier molecular flexibility index (Phi) is 4.33. The standard InChI is InChI=1S/C16H18BrN3O4/c1-16-5-3-2-4-11(16)13(16)15(22)19-18-8-9-6-10(17)7-12(14(9)21)20(23)24/h6-8,11,13,21H,2-5H2,1H3,(H,19,22)/b18-8+/t11-,13-,16-/m1/s1. The molecule has 1 aromatic rings. The monoisotopic (exact) mass is 395 g/mol. The van der Waals surface area contributed by atoms with Crippen molar-refractivity contribution in [3.8, 4) is 5.75 Å². The van der Waals surface area contributed by atoms with E-state index in [1.807, 2.05) is 0 Å². The highest BCUT2D eigenvalue weighted by atomic mass is 79.9. The van der Waals surface area contributed by atoms with Gasteiger partial charge in [0.2, 0.25) is 11.7 Å². The second-order valence-corrected chi connectivity index (χ2v) is 7.61. The third-order valence-electron chi connectivity index (χ3n) is 5.27. The van der Waals surface area contributed by atoms with Crippen LogP contribution in [0, 0.1) is 27.4 Å². The number of amides is 1. The van der Waals surface area contributed by atoms with Crippen LogP contribution in [-0.2, 0) is 4.79 Å². The number of hydrogen-bond donors (Lipinski definition) is 2. The van der Waals surface area contributed by atoms with Crippen LogP contribution >= 0.6 is 15.9 Å². The van der Waals surface area contributed by atoms with E-state index in [-0.39, 0.29) is 22.8 Å². The van der Waals surface area contributed by atoms with Crippen molar-refractivity contribution in [3.63, 3.8) is 0 Å². The van der Waals surface area contributed by atoms with Gasteiger partial charge in [0.25, 0.3) is 0 Å². The van der Waals surface area contributed by atoms with Gasteiger partial charge in [0.15, 0.2) is 0 Å². The Balaban J connectivity index is 1.69. The minimum Gasteiger partial charge on any atom is -0.502 e. The largest absolute Gasteiger partial charge is 0.502 e. The summed E-state index contributed by atoms with van der Waals surface area (Å²) < 4.78 is 0.445. The normalized spacial score (nSPS) is 28.4. The molecular formula is C16H18BrN3O4. The molecule has 0 spiro atoms. The number of halogens is 1. The van der Waals surface area contributed by atoms with Crippen molar-refractivity contribution in [2.75, 3.05) is 0 Å². The zero-order valence-corrected chi connectivity index (χ0v) is 14.7. The van der Waals surface area contributed by atoms with E-state index >= 15 is 0 Å². The van der Waals surface area contributed by atoms with Gasteiger partial charge in [-0.25, -0.2) is 5.43 Å². The molecule has 3 atom stereocenters. The fourth-order valence-corrected chi connectivity index (χ4v) is 4.39. The molecule has 0 unspecified atom stereocenters. The van der Waals surface area contributed by atoms with Gasteiger partial charge >= 0.3 is 5.69 Å². The number of phenolic OH excluding ortho intramolecular Hbond substituents is 1. The van der Waals surface area contributed by atoms with Crippen LogP contribution in [0.2, 0.25) is 0 Å². The third-order valence-corrected chi connectivity index (χ3v) is 5.73. The second kappa shape index (κ2) is 6.16. The van der Waals surface area contributed by atoms with Gasteiger partial charge in [0, 0.05) is 22.0 Å². The molecule has 0 aliphatic heterocycles. The molecule has 7 nitrogen and oxygen atoms in total. The second-order valence-electron chi connectivity index (χ2n) is 6.69. The number of aromatic hydroxyl groups is 1. The number of hydrogen-bond acceptors (Lipinski definition) is 5. The average Bonchev–Trinajstić information content (AvgIpc) is 3.15. The molecule has 2 N–H and O–H groups in total. The number of carbonyl (C=O) groups excluding carboxylic acids is 1. The lowest BCUT2D eigenvalue weighted by Gasteiger charge is -2.15. The lowest BCUT2D eigenvalue weighted by atomic mass is 9.90. The molecule has 0 radical (unpaired) electrons. The van der Waals surface area contributed by atoms with Crippen LogP contribution in [0.5, 0.6) is 5.75 Å². The number of rotatable bonds is 4. The van der Waals surface area contributed by atoms with Crippen molar-refractivity contribution < 1.29 is 14.8 Å². The number of hydrazone groups is 1. The lowest BCUT2D eigenvalue weighted by molar-refractivity contribution is -0.385. The molecule has 24 heavy (non-hydrogen) atoms. The molecule has 2 aliphatic carbocycles. The van der Waals surface area contributed by atoms with Gasteiger partial charge in [-0.15, -0.1) is 0 Å². The van der Waals surface area contributed by atoms with Gasteiger partial charge in [0.1, 0.15) is 0 Å². The van der Waals surface area contributed by atoms with Crippen LogP contribution < -0.4 is 5.43 Å². The summed E-state index contributed by atoms with van der Waals surface area (Å²) in [5, 5.41) is 24.7. The van der Waals surface area contributed by atoms with Gasteiger partial charge < -0.3 is 5.11 Å². The predicted octanol–water partition coefficient (Wildman–Crippen LogP) is 3.34. The average molecular weight is 396 g/mol. The van der Waals surface area contributed by atoms with Gasteiger partial charge in [-0.3, -0.25) is 14.9 Å². The summed E-state index contributed by atoms with van der Waals surface area (Å²) in [6.07, 6.45) is 5.70. The number of carbonyl (C=O) groups is 1. The number of benzene rings is 1. The van der Waals surface area contributed by atoms with Crippen LogP contribution in [0.1, 0.15) is 38.2 Å². The number of nitrogens with one attached hydrogen (secondary N) is 1. The first-order valence-corrected chi connectivity index (χ1v) is 8.63. The van der Waals surface area contributed by atoms with Crippen LogP contribution in [-0.4, -0.2) is 22.2 Å². The highest BCUT2D eigenvalue weighted by Gasteiger charge is 2.64. The van der Waals surface area contributed by atoms with E-state index in [4.69, 9.17) is 0 Å². The van der Waals surface area contributed by atoms with Crippen LogP contribution in [0.15, 0.2) is 21.7 Å². The van der Waals surface area contributed by atoms with Crippen molar-refractivity contribution in [1.82, 2.24) is 5.43 Å². The Bertz CT molecular complexity index is 736. The van der Waals surface area contributed by atoms with Crippen molar-refractivity contribution in [1.29, 1.82) is 0 Å². The zero-order chi connectivity index (χ0) is 17.5. The number of phenols is 1. The summed E-state index contributed by atoms with van der Waals surface area (Å²) in [6, 6.07) is 2.71. The van der Waals surface area contributed by atoms with E-state index < -0.39 is 16.4 Å². The Hall–Kier alpha value is -1.96. The highest BCUT2D eigenvalue weighted by molar-refractivity contribution is 9.10. The van der Waals surface area contributed by atoms with Gasteiger partial charge in [-0.2, -0.15) is 5.10 Å². The molecule has 3 rings (SSSR count). The molecule has 2 aliphatic rings. The van der Waals surface area contributed by atoms with Gasteiger partial charge in [-0.05, 0) is 30.2 Å². The van der Waals surface area contributed by atoms with Crippen molar-refractivity contribution >= 4 is 33.7 Å². The Morgan fingerprint density at radius 2 is 2.29 bits per heavy atom. The van der Waals surface area contributed by atoms with E-state index in [1.54, 1.807) is 0 Å². The molecule has 8 heteroatoms. The van der Waals surface area contributed by atoms with Crippen molar-refractivity contribution in [3.05, 3.63) is 32.3 Å². The van der Waals surface area contributed by atoms with E-state index in [0.29, 0.717) is 10.4 Å². The van der Waals surface area contributed by atoms with E-state index in [0.717, 1.165) is 19.3 Å². The molecule has 128 valence electrons. The molecule has 1 amide bonds. The summed E-state index contributed by atoms with van der Waals surface area (Å²) in [5.74, 6) is -0.178.